The number of hydrogen-bond acceptors (Lipinski definition) is 1. The van der Waals surface area contributed by atoms with E-state index >= 15 is 0 Å². The highest BCUT2D eigenvalue weighted by Gasteiger charge is 1.97. The maximum atomic E-state index is 5.42. The molecule has 72 valence electrons. The van der Waals surface area contributed by atoms with Crippen LogP contribution >= 0.6 is 12.2 Å². The molecule has 0 unspecified atom stereocenters. The van der Waals surface area contributed by atoms with Gasteiger partial charge in [-0.1, -0.05) is 29.9 Å². The highest BCUT2D eigenvalue weighted by atomic mass is 32.1. The molecule has 14 heavy (non-hydrogen) atoms. The van der Waals surface area contributed by atoms with Gasteiger partial charge < -0.3 is 4.57 Å². The summed E-state index contributed by atoms with van der Waals surface area (Å²) in [7, 11) is 0. The summed E-state index contributed by atoms with van der Waals surface area (Å²) in [6.45, 7) is 5.14. The Morgan fingerprint density at radius 1 is 1.29 bits per heavy atom. The molecule has 0 aliphatic heterocycles. The van der Waals surface area contributed by atoms with Crippen molar-refractivity contribution < 1.29 is 0 Å². The van der Waals surface area contributed by atoms with E-state index in [2.05, 4.69) is 48.9 Å². The molecule has 1 heterocycles. The smallest absolute Gasteiger partial charge is 0.113 e. The zero-order chi connectivity index (χ0) is 10.1. The SMILES string of the molecule is CCn1ccc2ccc(C)cc2c1=S. The summed E-state index contributed by atoms with van der Waals surface area (Å²) in [5.41, 5.74) is 1.26. The minimum Gasteiger partial charge on any atom is -0.339 e. The molecule has 0 spiro atoms. The van der Waals surface area contributed by atoms with Crippen molar-refractivity contribution in [3.05, 3.63) is 40.7 Å². The van der Waals surface area contributed by atoms with Crippen LogP contribution in [-0.4, -0.2) is 4.57 Å². The third kappa shape index (κ3) is 1.46. The lowest BCUT2D eigenvalue weighted by Crippen LogP contribution is -1.96. The maximum Gasteiger partial charge on any atom is 0.113 e. The van der Waals surface area contributed by atoms with Gasteiger partial charge in [0.15, 0.2) is 0 Å². The first-order chi connectivity index (χ1) is 6.72. The lowest BCUT2D eigenvalue weighted by atomic mass is 10.1. The first kappa shape index (κ1) is 9.41. The van der Waals surface area contributed by atoms with Gasteiger partial charge in [0.05, 0.1) is 0 Å². The van der Waals surface area contributed by atoms with Crippen LogP contribution < -0.4 is 0 Å². The number of aryl methyl sites for hydroxylation is 2. The van der Waals surface area contributed by atoms with Crippen molar-refractivity contribution >= 4 is 23.0 Å². The number of fused-ring (bicyclic) bond motifs is 1. The Labute approximate surface area is 89.0 Å². The summed E-state index contributed by atoms with van der Waals surface area (Å²) < 4.78 is 3.03. The second kappa shape index (κ2) is 3.54. The Bertz CT molecular complexity index is 525. The summed E-state index contributed by atoms with van der Waals surface area (Å²) in [4.78, 5) is 0. The predicted octanol–water partition coefficient (Wildman–Crippen LogP) is 3.70. The molecule has 0 atom stereocenters. The number of aromatic nitrogens is 1. The Balaban J connectivity index is 2.87. The van der Waals surface area contributed by atoms with Gasteiger partial charge >= 0.3 is 0 Å². The zero-order valence-corrected chi connectivity index (χ0v) is 9.27. The average Bonchev–Trinajstić information content (AvgIpc) is 2.20. The molecule has 0 radical (unpaired) electrons. The van der Waals surface area contributed by atoms with Gasteiger partial charge in [-0.05, 0) is 31.4 Å². The summed E-state index contributed by atoms with van der Waals surface area (Å²) >= 11 is 5.42. The summed E-state index contributed by atoms with van der Waals surface area (Å²) in [6, 6.07) is 8.52. The Morgan fingerprint density at radius 2 is 2.07 bits per heavy atom. The van der Waals surface area contributed by atoms with Crippen LogP contribution in [0.3, 0.4) is 0 Å². The Kier molecular flexibility index (Phi) is 2.38. The molecule has 0 fully saturated rings. The molecule has 0 bridgehead atoms. The fraction of sp³-hybridized carbons (Fsp3) is 0.250. The number of rotatable bonds is 1. The largest absolute Gasteiger partial charge is 0.339 e. The molecule has 2 heteroatoms. The van der Waals surface area contributed by atoms with Crippen molar-refractivity contribution in [3.63, 3.8) is 0 Å². The van der Waals surface area contributed by atoms with Crippen molar-refractivity contribution in [2.75, 3.05) is 0 Å². The van der Waals surface area contributed by atoms with Crippen LogP contribution in [-0.2, 0) is 6.54 Å². The standard InChI is InChI=1S/C12H13NS/c1-3-13-7-6-10-5-4-9(2)8-11(10)12(13)14/h4-8H,3H2,1-2H3. The third-order valence-electron chi connectivity index (χ3n) is 2.47. The van der Waals surface area contributed by atoms with Crippen molar-refractivity contribution in [2.45, 2.75) is 20.4 Å². The van der Waals surface area contributed by atoms with Crippen LogP contribution in [0.4, 0.5) is 0 Å². The summed E-state index contributed by atoms with van der Waals surface area (Å²) in [6.07, 6.45) is 2.06. The van der Waals surface area contributed by atoms with Gasteiger partial charge in [0.25, 0.3) is 0 Å². The van der Waals surface area contributed by atoms with Crippen molar-refractivity contribution in [1.82, 2.24) is 4.57 Å². The molecule has 0 amide bonds. The van der Waals surface area contributed by atoms with Crippen molar-refractivity contribution in [3.8, 4) is 0 Å². The van der Waals surface area contributed by atoms with Gasteiger partial charge in [0, 0.05) is 18.1 Å². The molecule has 2 rings (SSSR count). The second-order valence-corrected chi connectivity index (χ2v) is 3.88. The van der Waals surface area contributed by atoms with Crippen LogP contribution in [0.15, 0.2) is 30.5 Å². The number of hydrogen-bond donors (Lipinski definition) is 0. The normalized spacial score (nSPS) is 10.7. The third-order valence-corrected chi connectivity index (χ3v) is 2.93. The van der Waals surface area contributed by atoms with Crippen LogP contribution in [0.5, 0.6) is 0 Å². The zero-order valence-electron chi connectivity index (χ0n) is 8.45. The van der Waals surface area contributed by atoms with E-state index in [1.807, 2.05) is 0 Å². The number of nitrogens with zero attached hydrogens (tertiary/aromatic N) is 1. The van der Waals surface area contributed by atoms with E-state index in [1.165, 1.54) is 16.3 Å². The molecule has 1 nitrogen and oxygen atoms in total. The molecule has 2 aromatic rings. The minimum atomic E-state index is 0.933. The van der Waals surface area contributed by atoms with E-state index in [1.54, 1.807) is 0 Å². The van der Waals surface area contributed by atoms with E-state index in [4.69, 9.17) is 12.2 Å². The van der Waals surface area contributed by atoms with Crippen LogP contribution in [0.1, 0.15) is 12.5 Å². The predicted molar refractivity (Wildman–Crippen MR) is 63.2 cm³/mol. The fourth-order valence-corrected chi connectivity index (χ4v) is 2.01. The Morgan fingerprint density at radius 3 is 2.79 bits per heavy atom. The van der Waals surface area contributed by atoms with Crippen LogP contribution in [0.2, 0.25) is 0 Å². The van der Waals surface area contributed by atoms with E-state index in [9.17, 15) is 0 Å². The molecule has 0 saturated carbocycles. The topological polar surface area (TPSA) is 4.93 Å². The van der Waals surface area contributed by atoms with Crippen LogP contribution in [0.25, 0.3) is 10.8 Å². The quantitative estimate of drug-likeness (QED) is 0.640. The lowest BCUT2D eigenvalue weighted by molar-refractivity contribution is 0.751. The van der Waals surface area contributed by atoms with Gasteiger partial charge in [-0.15, -0.1) is 0 Å². The molecule has 0 saturated heterocycles. The molecule has 1 aromatic carbocycles. The molecule has 0 N–H and O–H groups in total. The van der Waals surface area contributed by atoms with E-state index < -0.39 is 0 Å². The van der Waals surface area contributed by atoms with Gasteiger partial charge in [-0.2, -0.15) is 0 Å². The highest BCUT2D eigenvalue weighted by molar-refractivity contribution is 7.71. The van der Waals surface area contributed by atoms with Gasteiger partial charge in [-0.25, -0.2) is 0 Å². The van der Waals surface area contributed by atoms with E-state index in [0.29, 0.717) is 0 Å². The highest BCUT2D eigenvalue weighted by Crippen LogP contribution is 2.17. The fourth-order valence-electron chi connectivity index (χ4n) is 1.64. The first-order valence-electron chi connectivity index (χ1n) is 4.82. The summed E-state index contributed by atoms with van der Waals surface area (Å²) in [5.74, 6) is 0. The van der Waals surface area contributed by atoms with Crippen LogP contribution in [0, 0.1) is 11.6 Å². The minimum absolute atomic E-state index is 0.933. The number of benzene rings is 1. The summed E-state index contributed by atoms with van der Waals surface area (Å²) in [5, 5.41) is 2.41. The lowest BCUT2D eigenvalue weighted by Gasteiger charge is -2.06. The molecular formula is C12H13NS. The maximum absolute atomic E-state index is 5.42. The number of pyridine rings is 1. The van der Waals surface area contributed by atoms with E-state index in [-0.39, 0.29) is 0 Å². The first-order valence-corrected chi connectivity index (χ1v) is 5.23. The van der Waals surface area contributed by atoms with Gasteiger partial charge in [0.1, 0.15) is 4.64 Å². The van der Waals surface area contributed by atoms with Crippen molar-refractivity contribution in [2.24, 2.45) is 0 Å². The van der Waals surface area contributed by atoms with Gasteiger partial charge in [-0.3, -0.25) is 0 Å². The molecule has 1 aromatic heterocycles. The Hall–Kier alpha value is -1.15. The monoisotopic (exact) mass is 203 g/mol. The van der Waals surface area contributed by atoms with Gasteiger partial charge in [0.2, 0.25) is 0 Å². The average molecular weight is 203 g/mol. The van der Waals surface area contributed by atoms with Crippen molar-refractivity contribution in [1.29, 1.82) is 0 Å². The second-order valence-electron chi connectivity index (χ2n) is 3.50. The van der Waals surface area contributed by atoms with E-state index in [0.717, 1.165) is 11.2 Å². The molecule has 0 aliphatic rings. The molecular weight excluding hydrogens is 190 g/mol. The molecule has 0 aliphatic carbocycles.